The van der Waals surface area contributed by atoms with Crippen molar-refractivity contribution in [2.75, 3.05) is 18.0 Å². The highest BCUT2D eigenvalue weighted by atomic mass is 32.1. The van der Waals surface area contributed by atoms with E-state index in [4.69, 9.17) is 4.74 Å². The first kappa shape index (κ1) is 18.8. The van der Waals surface area contributed by atoms with Crippen molar-refractivity contribution in [2.45, 2.75) is 45.0 Å². The number of carbonyl (C=O) groups is 1. The molecule has 1 aromatic carbocycles. The molecule has 142 valence electrons. The van der Waals surface area contributed by atoms with Gasteiger partial charge in [-0.1, -0.05) is 11.3 Å². The predicted octanol–water partition coefficient (Wildman–Crippen LogP) is 4.42. The number of aromatic nitrogens is 1. The van der Waals surface area contributed by atoms with Crippen LogP contribution in [0.15, 0.2) is 18.2 Å². The van der Waals surface area contributed by atoms with E-state index >= 15 is 0 Å². The SMILES string of the molecule is CC(C)(C)OC(=O)NC1CCN(c2nc3cc(C(F)(F)F)ccc3s2)C1. The summed E-state index contributed by atoms with van der Waals surface area (Å²) in [4.78, 5) is 18.2. The minimum Gasteiger partial charge on any atom is -0.444 e. The number of carbonyl (C=O) groups excluding carboxylic acids is 1. The van der Waals surface area contributed by atoms with Crippen molar-refractivity contribution < 1.29 is 22.7 Å². The lowest BCUT2D eigenvalue weighted by atomic mass is 10.2. The first-order valence-electron chi connectivity index (χ1n) is 8.23. The molecule has 0 aliphatic carbocycles. The number of nitrogens with one attached hydrogen (secondary N) is 1. The van der Waals surface area contributed by atoms with E-state index in [1.807, 2.05) is 4.90 Å². The highest BCUT2D eigenvalue weighted by Gasteiger charge is 2.31. The minimum absolute atomic E-state index is 0.0809. The fraction of sp³-hybridized carbons (Fsp3) is 0.529. The second kappa shape index (κ2) is 6.61. The van der Waals surface area contributed by atoms with E-state index in [-0.39, 0.29) is 6.04 Å². The van der Waals surface area contributed by atoms with Gasteiger partial charge >= 0.3 is 12.3 Å². The quantitative estimate of drug-likeness (QED) is 0.829. The molecule has 5 nitrogen and oxygen atoms in total. The molecule has 1 amide bonds. The number of amides is 1. The number of hydrogen-bond donors (Lipinski definition) is 1. The second-order valence-corrected chi connectivity index (χ2v) is 8.26. The average Bonchev–Trinajstić information content (AvgIpc) is 3.09. The number of nitrogens with zero attached hydrogens (tertiary/aromatic N) is 2. The summed E-state index contributed by atoms with van der Waals surface area (Å²) < 4.78 is 44.4. The number of fused-ring (bicyclic) bond motifs is 1. The Morgan fingerprint density at radius 1 is 1.35 bits per heavy atom. The summed E-state index contributed by atoms with van der Waals surface area (Å²) in [5.74, 6) is 0. The molecule has 1 saturated heterocycles. The van der Waals surface area contributed by atoms with E-state index in [0.717, 1.165) is 18.6 Å². The van der Waals surface area contributed by atoms with Crippen molar-refractivity contribution in [2.24, 2.45) is 0 Å². The first-order chi connectivity index (χ1) is 12.0. The third-order valence-corrected chi connectivity index (χ3v) is 4.98. The Kier molecular flexibility index (Phi) is 4.76. The van der Waals surface area contributed by atoms with Crippen LogP contribution in [-0.4, -0.2) is 35.8 Å². The number of rotatable bonds is 2. The van der Waals surface area contributed by atoms with Gasteiger partial charge in [0.15, 0.2) is 5.13 Å². The van der Waals surface area contributed by atoms with E-state index in [0.29, 0.717) is 28.4 Å². The lowest BCUT2D eigenvalue weighted by molar-refractivity contribution is -0.137. The minimum atomic E-state index is -4.38. The summed E-state index contributed by atoms with van der Waals surface area (Å²) >= 11 is 1.35. The Bertz CT molecular complexity index is 814. The van der Waals surface area contributed by atoms with Gasteiger partial charge in [0, 0.05) is 13.1 Å². The first-order valence-corrected chi connectivity index (χ1v) is 9.05. The molecule has 2 heterocycles. The molecule has 1 N–H and O–H groups in total. The van der Waals surface area contributed by atoms with E-state index in [2.05, 4.69) is 10.3 Å². The molecule has 1 aromatic heterocycles. The van der Waals surface area contributed by atoms with Gasteiger partial charge in [0.25, 0.3) is 0 Å². The van der Waals surface area contributed by atoms with Crippen molar-refractivity contribution in [3.63, 3.8) is 0 Å². The maximum Gasteiger partial charge on any atom is 0.416 e. The van der Waals surface area contributed by atoms with Crippen LogP contribution in [0.3, 0.4) is 0 Å². The number of alkyl halides is 3. The molecule has 0 spiro atoms. The summed E-state index contributed by atoms with van der Waals surface area (Å²) in [6.45, 7) is 6.61. The van der Waals surface area contributed by atoms with Crippen molar-refractivity contribution in [3.05, 3.63) is 23.8 Å². The van der Waals surface area contributed by atoms with Gasteiger partial charge < -0.3 is 15.0 Å². The van der Waals surface area contributed by atoms with Crippen molar-refractivity contribution in [3.8, 4) is 0 Å². The van der Waals surface area contributed by atoms with E-state index < -0.39 is 23.4 Å². The van der Waals surface area contributed by atoms with Crippen LogP contribution < -0.4 is 10.2 Å². The summed E-state index contributed by atoms with van der Waals surface area (Å²) in [5.41, 5.74) is -0.929. The molecular weight excluding hydrogens is 367 g/mol. The second-order valence-electron chi connectivity index (χ2n) is 7.25. The molecular formula is C17H20F3N3O2S. The number of alkyl carbamates (subject to hydrolysis) is 1. The number of thiazole rings is 1. The van der Waals surface area contributed by atoms with E-state index in [1.54, 1.807) is 20.8 Å². The fourth-order valence-electron chi connectivity index (χ4n) is 2.75. The molecule has 1 fully saturated rings. The standard InChI is InChI=1S/C17H20F3N3O2S/c1-16(2,3)25-15(24)21-11-6-7-23(9-11)14-22-12-8-10(17(18,19)20)4-5-13(12)26-14/h4-5,8,11H,6-7,9H2,1-3H3,(H,21,24). The van der Waals surface area contributed by atoms with Crippen LogP contribution in [0.25, 0.3) is 10.2 Å². The van der Waals surface area contributed by atoms with Crippen LogP contribution in [0.5, 0.6) is 0 Å². The predicted molar refractivity (Wildman–Crippen MR) is 94.6 cm³/mol. The van der Waals surface area contributed by atoms with Gasteiger partial charge in [-0.05, 0) is 45.4 Å². The summed E-state index contributed by atoms with van der Waals surface area (Å²) in [5, 5.41) is 3.48. The number of halogens is 3. The molecule has 1 atom stereocenters. The van der Waals surface area contributed by atoms with E-state index in [1.165, 1.54) is 17.4 Å². The van der Waals surface area contributed by atoms with E-state index in [9.17, 15) is 18.0 Å². The Morgan fingerprint density at radius 3 is 2.73 bits per heavy atom. The average molecular weight is 387 g/mol. The van der Waals surface area contributed by atoms with Crippen LogP contribution in [0, 0.1) is 0 Å². The number of benzene rings is 1. The molecule has 26 heavy (non-hydrogen) atoms. The van der Waals surface area contributed by atoms with Gasteiger partial charge in [0.2, 0.25) is 0 Å². The maximum atomic E-state index is 12.8. The van der Waals surface area contributed by atoms with Crippen LogP contribution in [0.2, 0.25) is 0 Å². The normalized spacial score (nSPS) is 18.4. The maximum absolute atomic E-state index is 12.8. The summed E-state index contributed by atoms with van der Waals surface area (Å²) in [6.07, 6.45) is -4.12. The number of ether oxygens (including phenoxy) is 1. The number of anilines is 1. The third-order valence-electron chi connectivity index (χ3n) is 3.88. The monoisotopic (exact) mass is 387 g/mol. The zero-order chi connectivity index (χ0) is 19.1. The topological polar surface area (TPSA) is 54.5 Å². The Balaban J connectivity index is 1.68. The van der Waals surface area contributed by atoms with Crippen LogP contribution in [0.4, 0.5) is 23.1 Å². The van der Waals surface area contributed by atoms with Gasteiger partial charge in [-0.3, -0.25) is 0 Å². The van der Waals surface area contributed by atoms with Crippen molar-refractivity contribution >= 4 is 32.8 Å². The summed E-state index contributed by atoms with van der Waals surface area (Å²) in [6, 6.07) is 3.51. The lowest BCUT2D eigenvalue weighted by Crippen LogP contribution is -2.40. The molecule has 1 unspecified atom stereocenters. The van der Waals surface area contributed by atoms with Gasteiger partial charge in [-0.15, -0.1) is 0 Å². The molecule has 1 aliphatic heterocycles. The van der Waals surface area contributed by atoms with Crippen LogP contribution >= 0.6 is 11.3 Å². The Morgan fingerprint density at radius 2 is 2.08 bits per heavy atom. The molecule has 1 aliphatic rings. The largest absolute Gasteiger partial charge is 0.444 e. The van der Waals surface area contributed by atoms with Crippen LogP contribution in [-0.2, 0) is 10.9 Å². The molecule has 0 radical (unpaired) electrons. The smallest absolute Gasteiger partial charge is 0.416 e. The highest BCUT2D eigenvalue weighted by Crippen LogP contribution is 2.35. The summed E-state index contributed by atoms with van der Waals surface area (Å²) in [7, 11) is 0. The number of hydrogen-bond acceptors (Lipinski definition) is 5. The molecule has 9 heteroatoms. The zero-order valence-electron chi connectivity index (χ0n) is 14.7. The fourth-order valence-corrected chi connectivity index (χ4v) is 3.73. The molecule has 2 aromatic rings. The third kappa shape index (κ3) is 4.38. The lowest BCUT2D eigenvalue weighted by Gasteiger charge is -2.21. The van der Waals surface area contributed by atoms with Gasteiger partial charge in [0.05, 0.1) is 21.8 Å². The van der Waals surface area contributed by atoms with Gasteiger partial charge in [-0.25, -0.2) is 9.78 Å². The Labute approximate surface area is 153 Å². The van der Waals surface area contributed by atoms with Crippen molar-refractivity contribution in [1.29, 1.82) is 0 Å². The van der Waals surface area contributed by atoms with Gasteiger partial charge in [0.1, 0.15) is 5.60 Å². The molecule has 3 rings (SSSR count). The Hall–Kier alpha value is -2.03. The van der Waals surface area contributed by atoms with Gasteiger partial charge in [-0.2, -0.15) is 13.2 Å². The zero-order valence-corrected chi connectivity index (χ0v) is 15.5. The molecule has 0 saturated carbocycles. The highest BCUT2D eigenvalue weighted by molar-refractivity contribution is 7.22. The van der Waals surface area contributed by atoms with Crippen LogP contribution in [0.1, 0.15) is 32.8 Å². The molecule has 0 bridgehead atoms. The van der Waals surface area contributed by atoms with Crippen molar-refractivity contribution in [1.82, 2.24) is 10.3 Å².